The number of halogens is 1. The molecule has 0 saturated heterocycles. The van der Waals surface area contributed by atoms with Crippen LogP contribution < -0.4 is 19.8 Å². The van der Waals surface area contributed by atoms with Crippen molar-refractivity contribution in [1.82, 2.24) is 10.9 Å². The second-order valence-electron chi connectivity index (χ2n) is 7.04. The van der Waals surface area contributed by atoms with Crippen LogP contribution in [0.3, 0.4) is 0 Å². The van der Waals surface area contributed by atoms with E-state index in [1.165, 1.54) is 55.7 Å². The summed E-state index contributed by atoms with van der Waals surface area (Å²) in [5.74, 6) is -1.60. The quantitative estimate of drug-likeness (QED) is 0.302. The van der Waals surface area contributed by atoms with Crippen LogP contribution in [0.2, 0.25) is 0 Å². The second-order valence-corrected chi connectivity index (χ2v) is 8.59. The number of amides is 2. The molecule has 8 nitrogen and oxygen atoms in total. The monoisotopic (exact) mass is 484 g/mol. The molecule has 3 aromatic rings. The number of carbonyl (C=O) groups excluding carboxylic acids is 2. The van der Waals surface area contributed by atoms with E-state index in [-0.39, 0.29) is 22.0 Å². The lowest BCUT2D eigenvalue weighted by molar-refractivity contribution is -0.117. The Hall–Kier alpha value is -4.18. The molecule has 0 aliphatic carbocycles. The molecule has 0 spiro atoms. The standard InChI is InChI=1S/C24H21FN2O6S/c1-16-3-11-20(12-4-16)34(30,31)33-21-13-5-17(15-22(21)32-2)6-14-23(28)26-27-24(29)18-7-9-19(25)10-8-18/h3-15H,1-2H3,(H,26,28)(H,27,29)/b14-6+. The Kier molecular flexibility index (Phi) is 7.64. The van der Waals surface area contributed by atoms with Gasteiger partial charge in [-0.05, 0) is 67.1 Å². The van der Waals surface area contributed by atoms with E-state index in [1.54, 1.807) is 12.1 Å². The highest BCUT2D eigenvalue weighted by Gasteiger charge is 2.19. The van der Waals surface area contributed by atoms with Gasteiger partial charge < -0.3 is 8.92 Å². The number of ether oxygens (including phenoxy) is 1. The zero-order valence-electron chi connectivity index (χ0n) is 18.2. The topological polar surface area (TPSA) is 111 Å². The highest BCUT2D eigenvalue weighted by Crippen LogP contribution is 2.31. The van der Waals surface area contributed by atoms with Gasteiger partial charge >= 0.3 is 10.1 Å². The van der Waals surface area contributed by atoms with Gasteiger partial charge in [-0.2, -0.15) is 8.42 Å². The third kappa shape index (κ3) is 6.42. The number of aryl methyl sites for hydroxylation is 1. The molecule has 0 aromatic heterocycles. The van der Waals surface area contributed by atoms with E-state index in [4.69, 9.17) is 8.92 Å². The summed E-state index contributed by atoms with van der Waals surface area (Å²) in [5.41, 5.74) is 6.00. The first-order chi connectivity index (χ1) is 16.2. The van der Waals surface area contributed by atoms with Crippen LogP contribution in [0, 0.1) is 12.7 Å². The number of carbonyl (C=O) groups is 2. The Balaban J connectivity index is 1.64. The minimum absolute atomic E-state index is 0.00322. The molecule has 3 rings (SSSR count). The summed E-state index contributed by atoms with van der Waals surface area (Å²) in [6.07, 6.45) is 2.59. The summed E-state index contributed by atoms with van der Waals surface area (Å²) in [6, 6.07) is 15.4. The van der Waals surface area contributed by atoms with Gasteiger partial charge in [0.15, 0.2) is 11.5 Å². The maximum absolute atomic E-state index is 12.9. The maximum atomic E-state index is 12.9. The molecule has 0 saturated carbocycles. The number of nitrogens with one attached hydrogen (secondary N) is 2. The Morgan fingerprint density at radius 3 is 2.24 bits per heavy atom. The molecular formula is C24H21FN2O6S. The van der Waals surface area contributed by atoms with Gasteiger partial charge in [-0.15, -0.1) is 0 Å². The normalized spacial score (nSPS) is 11.1. The first-order valence-electron chi connectivity index (χ1n) is 9.91. The van der Waals surface area contributed by atoms with E-state index in [9.17, 15) is 22.4 Å². The van der Waals surface area contributed by atoms with Crippen LogP contribution in [-0.4, -0.2) is 27.3 Å². The molecule has 0 atom stereocenters. The first-order valence-corrected chi connectivity index (χ1v) is 11.3. The summed E-state index contributed by atoms with van der Waals surface area (Å²) in [5, 5.41) is 0. The highest BCUT2D eigenvalue weighted by molar-refractivity contribution is 7.87. The lowest BCUT2D eigenvalue weighted by atomic mass is 10.2. The Morgan fingerprint density at radius 1 is 0.912 bits per heavy atom. The Labute approximate surface area is 196 Å². The zero-order chi connectivity index (χ0) is 24.7. The average molecular weight is 485 g/mol. The van der Waals surface area contributed by atoms with Crippen molar-refractivity contribution in [1.29, 1.82) is 0 Å². The fourth-order valence-electron chi connectivity index (χ4n) is 2.73. The van der Waals surface area contributed by atoms with Gasteiger partial charge in [-0.1, -0.05) is 23.8 Å². The summed E-state index contributed by atoms with van der Waals surface area (Å²) < 4.78 is 48.4. The van der Waals surface area contributed by atoms with Crippen molar-refractivity contribution in [3.05, 3.63) is 95.3 Å². The zero-order valence-corrected chi connectivity index (χ0v) is 19.1. The molecule has 0 unspecified atom stereocenters. The van der Waals surface area contributed by atoms with E-state index < -0.39 is 27.7 Å². The highest BCUT2D eigenvalue weighted by atomic mass is 32.2. The summed E-state index contributed by atoms with van der Waals surface area (Å²) in [6.45, 7) is 1.84. The molecule has 0 fully saturated rings. The van der Waals surface area contributed by atoms with E-state index >= 15 is 0 Å². The van der Waals surface area contributed by atoms with Crippen LogP contribution in [-0.2, 0) is 14.9 Å². The van der Waals surface area contributed by atoms with E-state index in [1.807, 2.05) is 6.92 Å². The van der Waals surface area contributed by atoms with Gasteiger partial charge in [0, 0.05) is 11.6 Å². The third-order valence-electron chi connectivity index (χ3n) is 4.53. The van der Waals surface area contributed by atoms with Crippen LogP contribution in [0.5, 0.6) is 11.5 Å². The Bertz CT molecular complexity index is 1320. The van der Waals surface area contributed by atoms with Crippen molar-refractivity contribution in [2.24, 2.45) is 0 Å². The lowest BCUT2D eigenvalue weighted by Crippen LogP contribution is -2.40. The van der Waals surface area contributed by atoms with Crippen molar-refractivity contribution in [3.63, 3.8) is 0 Å². The van der Waals surface area contributed by atoms with Gasteiger partial charge in [-0.3, -0.25) is 20.4 Å². The van der Waals surface area contributed by atoms with Crippen molar-refractivity contribution in [2.75, 3.05) is 7.11 Å². The second kappa shape index (κ2) is 10.6. The summed E-state index contributed by atoms with van der Waals surface area (Å²) >= 11 is 0. The van der Waals surface area contributed by atoms with Gasteiger partial charge in [0.05, 0.1) is 7.11 Å². The number of benzene rings is 3. The van der Waals surface area contributed by atoms with E-state index in [0.717, 1.165) is 23.8 Å². The van der Waals surface area contributed by atoms with Crippen LogP contribution in [0.1, 0.15) is 21.5 Å². The van der Waals surface area contributed by atoms with Crippen molar-refractivity contribution >= 4 is 28.0 Å². The largest absolute Gasteiger partial charge is 0.493 e. The molecule has 0 aliphatic rings. The predicted octanol–water partition coefficient (Wildman–Crippen LogP) is 3.38. The van der Waals surface area contributed by atoms with Crippen LogP contribution in [0.4, 0.5) is 4.39 Å². The van der Waals surface area contributed by atoms with E-state index in [2.05, 4.69) is 10.9 Å². The molecule has 2 N–H and O–H groups in total. The van der Waals surface area contributed by atoms with Crippen molar-refractivity contribution in [2.45, 2.75) is 11.8 Å². The van der Waals surface area contributed by atoms with E-state index in [0.29, 0.717) is 5.56 Å². The predicted molar refractivity (Wildman–Crippen MR) is 123 cm³/mol. The Morgan fingerprint density at radius 2 is 1.59 bits per heavy atom. The molecule has 0 aliphatic heterocycles. The van der Waals surface area contributed by atoms with Crippen LogP contribution >= 0.6 is 0 Å². The fourth-order valence-corrected chi connectivity index (χ4v) is 3.67. The number of hydrogen-bond acceptors (Lipinski definition) is 6. The van der Waals surface area contributed by atoms with Gasteiger partial charge in [0.2, 0.25) is 0 Å². The molecule has 0 bridgehead atoms. The number of hydrogen-bond donors (Lipinski definition) is 2. The number of methoxy groups -OCH3 is 1. The minimum Gasteiger partial charge on any atom is -0.493 e. The van der Waals surface area contributed by atoms with Gasteiger partial charge in [0.1, 0.15) is 10.7 Å². The van der Waals surface area contributed by atoms with Gasteiger partial charge in [0.25, 0.3) is 11.8 Å². The average Bonchev–Trinajstić information content (AvgIpc) is 2.82. The SMILES string of the molecule is COc1cc(/C=C/C(=O)NNC(=O)c2ccc(F)cc2)ccc1OS(=O)(=O)c1ccc(C)cc1. The van der Waals surface area contributed by atoms with Crippen LogP contribution in [0.15, 0.2) is 77.7 Å². The molecule has 0 heterocycles. The maximum Gasteiger partial charge on any atom is 0.339 e. The molecule has 34 heavy (non-hydrogen) atoms. The summed E-state index contributed by atoms with van der Waals surface area (Å²) in [7, 11) is -2.71. The number of rotatable bonds is 7. The molecule has 0 radical (unpaired) electrons. The minimum atomic E-state index is -4.07. The summed E-state index contributed by atoms with van der Waals surface area (Å²) in [4.78, 5) is 23.9. The lowest BCUT2D eigenvalue weighted by Gasteiger charge is -2.11. The molecule has 3 aromatic carbocycles. The molecule has 2 amide bonds. The third-order valence-corrected chi connectivity index (χ3v) is 5.78. The first kappa shape index (κ1) is 24.5. The van der Waals surface area contributed by atoms with Crippen LogP contribution in [0.25, 0.3) is 6.08 Å². The smallest absolute Gasteiger partial charge is 0.339 e. The fraction of sp³-hybridized carbons (Fsp3) is 0.0833. The molecule has 10 heteroatoms. The molecular weight excluding hydrogens is 463 g/mol. The molecule has 176 valence electrons. The van der Waals surface area contributed by atoms with Crippen molar-refractivity contribution < 1.29 is 31.3 Å². The van der Waals surface area contributed by atoms with Gasteiger partial charge in [-0.25, -0.2) is 4.39 Å². The van der Waals surface area contributed by atoms with Crippen molar-refractivity contribution in [3.8, 4) is 11.5 Å². The number of hydrazine groups is 1.